The van der Waals surface area contributed by atoms with Crippen LogP contribution in [0.2, 0.25) is 0 Å². The highest BCUT2D eigenvalue weighted by Gasteiger charge is 2.24. The number of hydrogen-bond acceptors (Lipinski definition) is 4. The van der Waals surface area contributed by atoms with E-state index in [1.807, 2.05) is 37.4 Å². The first-order chi connectivity index (χ1) is 11.6. The fourth-order valence-electron chi connectivity index (χ4n) is 2.93. The normalized spacial score (nSPS) is 12.2. The Hall–Kier alpha value is -3.02. The van der Waals surface area contributed by atoms with E-state index in [-0.39, 0.29) is 17.2 Å². The average Bonchev–Trinajstić information content (AvgIpc) is 2.99. The Morgan fingerprint density at radius 2 is 2.08 bits per heavy atom. The largest absolute Gasteiger partial charge is 0.504 e. The number of aromatic amines is 1. The molecule has 3 rings (SSSR count). The van der Waals surface area contributed by atoms with Crippen molar-refractivity contribution in [2.75, 3.05) is 13.2 Å². The van der Waals surface area contributed by atoms with Crippen LogP contribution < -0.4 is 4.74 Å². The van der Waals surface area contributed by atoms with E-state index in [9.17, 15) is 15.2 Å². The Balaban J connectivity index is 2.10. The van der Waals surface area contributed by atoms with Gasteiger partial charge in [0, 0.05) is 22.0 Å². The molecule has 0 saturated heterocycles. The summed E-state index contributed by atoms with van der Waals surface area (Å²) in [5.41, 5.74) is 2.53. The molecule has 0 spiro atoms. The molecule has 2 N–H and O–H groups in total. The molecule has 3 aromatic rings. The highest BCUT2D eigenvalue weighted by atomic mass is 16.6. The van der Waals surface area contributed by atoms with Crippen molar-refractivity contribution in [1.82, 2.24) is 4.98 Å². The summed E-state index contributed by atoms with van der Waals surface area (Å²) in [6.07, 6.45) is 1.81. The van der Waals surface area contributed by atoms with Gasteiger partial charge in [0.2, 0.25) is 6.54 Å². The average molecular weight is 326 g/mol. The quantitative estimate of drug-likeness (QED) is 0.534. The van der Waals surface area contributed by atoms with E-state index >= 15 is 0 Å². The maximum Gasteiger partial charge on any atom is 0.214 e. The molecular formula is C18H18N2O4. The van der Waals surface area contributed by atoms with E-state index in [1.54, 1.807) is 12.1 Å². The van der Waals surface area contributed by atoms with Crippen molar-refractivity contribution in [3.05, 3.63) is 69.9 Å². The number of aromatic nitrogens is 1. The Kier molecular flexibility index (Phi) is 4.37. The molecule has 1 aromatic heterocycles. The van der Waals surface area contributed by atoms with Crippen LogP contribution in [0.5, 0.6) is 11.5 Å². The lowest BCUT2D eigenvalue weighted by Crippen LogP contribution is -2.14. The summed E-state index contributed by atoms with van der Waals surface area (Å²) in [5.74, 6) is -0.0708. The molecule has 0 fully saturated rings. The molecule has 6 nitrogen and oxygen atoms in total. The van der Waals surface area contributed by atoms with Gasteiger partial charge in [0.05, 0.1) is 12.5 Å². The second-order valence-corrected chi connectivity index (χ2v) is 5.52. The summed E-state index contributed by atoms with van der Waals surface area (Å²) in [4.78, 5) is 14.0. The zero-order chi connectivity index (χ0) is 17.1. The molecule has 0 aliphatic rings. The highest BCUT2D eigenvalue weighted by molar-refractivity contribution is 5.84. The predicted octanol–water partition coefficient (Wildman–Crippen LogP) is 3.68. The van der Waals surface area contributed by atoms with Crippen LogP contribution in [-0.4, -0.2) is 28.2 Å². The smallest absolute Gasteiger partial charge is 0.214 e. The van der Waals surface area contributed by atoms with Crippen LogP contribution in [0.3, 0.4) is 0 Å². The Morgan fingerprint density at radius 3 is 2.83 bits per heavy atom. The number of aromatic hydroxyl groups is 1. The van der Waals surface area contributed by atoms with Gasteiger partial charge in [-0.1, -0.05) is 24.3 Å². The number of phenols is 1. The highest BCUT2D eigenvalue weighted by Crippen LogP contribution is 2.35. The number of H-pyrrole nitrogens is 1. The minimum atomic E-state index is -0.434. The third-order valence-corrected chi connectivity index (χ3v) is 4.01. The van der Waals surface area contributed by atoms with Crippen LogP contribution >= 0.6 is 0 Å². The summed E-state index contributed by atoms with van der Waals surface area (Å²) >= 11 is 0. The second-order valence-electron chi connectivity index (χ2n) is 5.52. The Labute approximate surface area is 138 Å². The van der Waals surface area contributed by atoms with Gasteiger partial charge < -0.3 is 14.8 Å². The molecule has 1 heterocycles. The standard InChI is InChI=1S/C18H18N2O4/c1-2-24-18-9-12(7-8-17(18)21)15(11-20(22)23)14-10-19-16-6-4-3-5-13(14)16/h3-10,15,19,21H,2,11H2,1H3/t15-/m0/s1. The van der Waals surface area contributed by atoms with Crippen LogP contribution in [-0.2, 0) is 0 Å². The third kappa shape index (κ3) is 3.03. The van der Waals surface area contributed by atoms with Gasteiger partial charge in [0.15, 0.2) is 11.5 Å². The maximum absolute atomic E-state index is 11.2. The number of hydrogen-bond donors (Lipinski definition) is 2. The molecule has 124 valence electrons. The van der Waals surface area contributed by atoms with Gasteiger partial charge in [-0.3, -0.25) is 10.1 Å². The number of nitro groups is 1. The number of rotatable bonds is 6. The van der Waals surface area contributed by atoms with E-state index in [4.69, 9.17) is 4.74 Å². The van der Waals surface area contributed by atoms with Crippen molar-refractivity contribution >= 4 is 10.9 Å². The number of nitrogens with one attached hydrogen (secondary N) is 1. The summed E-state index contributed by atoms with van der Waals surface area (Å²) in [6, 6.07) is 12.6. The number of fused-ring (bicyclic) bond motifs is 1. The SMILES string of the molecule is CCOc1cc([C@H](C[N+](=O)[O-])c2c[nH]c3ccccc23)ccc1O. The summed E-state index contributed by atoms with van der Waals surface area (Å²) in [7, 11) is 0. The van der Waals surface area contributed by atoms with E-state index in [2.05, 4.69) is 4.98 Å². The lowest BCUT2D eigenvalue weighted by Gasteiger charge is -2.15. The van der Waals surface area contributed by atoms with Gasteiger partial charge in [-0.15, -0.1) is 0 Å². The number of benzene rings is 2. The van der Waals surface area contributed by atoms with Crippen LogP contribution in [0.25, 0.3) is 10.9 Å². The van der Waals surface area contributed by atoms with Crippen LogP contribution in [0, 0.1) is 10.1 Å². The van der Waals surface area contributed by atoms with Crippen LogP contribution in [0.15, 0.2) is 48.7 Å². The van der Waals surface area contributed by atoms with Gasteiger partial charge in [-0.2, -0.15) is 0 Å². The molecule has 0 amide bonds. The molecule has 0 aliphatic heterocycles. The molecule has 24 heavy (non-hydrogen) atoms. The van der Waals surface area contributed by atoms with Crippen molar-refractivity contribution in [2.45, 2.75) is 12.8 Å². The van der Waals surface area contributed by atoms with Crippen molar-refractivity contribution < 1.29 is 14.8 Å². The van der Waals surface area contributed by atoms with Gasteiger partial charge >= 0.3 is 0 Å². The molecule has 1 atom stereocenters. The monoisotopic (exact) mass is 326 g/mol. The molecule has 2 aromatic carbocycles. The van der Waals surface area contributed by atoms with Crippen molar-refractivity contribution in [3.63, 3.8) is 0 Å². The second kappa shape index (κ2) is 6.62. The molecular weight excluding hydrogens is 308 g/mol. The molecule has 0 bridgehead atoms. The number of para-hydroxylation sites is 1. The number of ether oxygens (including phenoxy) is 1. The van der Waals surface area contributed by atoms with Gasteiger partial charge in [-0.25, -0.2) is 0 Å². The van der Waals surface area contributed by atoms with E-state index in [1.165, 1.54) is 6.07 Å². The Morgan fingerprint density at radius 1 is 1.29 bits per heavy atom. The molecule has 0 saturated carbocycles. The fourth-order valence-corrected chi connectivity index (χ4v) is 2.93. The van der Waals surface area contributed by atoms with E-state index in [0.717, 1.165) is 22.0 Å². The first-order valence-electron chi connectivity index (χ1n) is 7.73. The third-order valence-electron chi connectivity index (χ3n) is 4.01. The Bertz CT molecular complexity index is 872. The molecule has 6 heteroatoms. The minimum absolute atomic E-state index is 0.0272. The number of phenolic OH excluding ortho intramolecular Hbond substituents is 1. The summed E-state index contributed by atoms with van der Waals surface area (Å²) < 4.78 is 5.41. The number of nitrogens with zero attached hydrogens (tertiary/aromatic N) is 1. The first kappa shape index (κ1) is 15.9. The van der Waals surface area contributed by atoms with Crippen LogP contribution in [0.4, 0.5) is 0 Å². The van der Waals surface area contributed by atoms with Gasteiger partial charge in [0.1, 0.15) is 0 Å². The fraction of sp³-hybridized carbons (Fsp3) is 0.222. The zero-order valence-electron chi connectivity index (χ0n) is 13.2. The molecule has 0 unspecified atom stereocenters. The first-order valence-corrected chi connectivity index (χ1v) is 7.73. The molecule has 0 radical (unpaired) electrons. The predicted molar refractivity (Wildman–Crippen MR) is 91.3 cm³/mol. The minimum Gasteiger partial charge on any atom is -0.504 e. The van der Waals surface area contributed by atoms with Gasteiger partial charge in [0.25, 0.3) is 0 Å². The summed E-state index contributed by atoms with van der Waals surface area (Å²) in [5, 5.41) is 22.0. The van der Waals surface area contributed by atoms with E-state index in [0.29, 0.717) is 12.4 Å². The van der Waals surface area contributed by atoms with Crippen molar-refractivity contribution in [2.24, 2.45) is 0 Å². The molecule has 0 aliphatic carbocycles. The van der Waals surface area contributed by atoms with Crippen molar-refractivity contribution in [3.8, 4) is 11.5 Å². The van der Waals surface area contributed by atoms with Crippen LogP contribution in [0.1, 0.15) is 24.0 Å². The van der Waals surface area contributed by atoms with E-state index < -0.39 is 5.92 Å². The zero-order valence-corrected chi connectivity index (χ0v) is 13.2. The van der Waals surface area contributed by atoms with Gasteiger partial charge in [-0.05, 0) is 36.2 Å². The lowest BCUT2D eigenvalue weighted by atomic mass is 9.90. The lowest BCUT2D eigenvalue weighted by molar-refractivity contribution is -0.481. The van der Waals surface area contributed by atoms with Crippen molar-refractivity contribution in [1.29, 1.82) is 0 Å². The maximum atomic E-state index is 11.2. The topological polar surface area (TPSA) is 88.4 Å². The summed E-state index contributed by atoms with van der Waals surface area (Å²) in [6.45, 7) is 1.99.